The zero-order chi connectivity index (χ0) is 15.5. The largest absolute Gasteiger partial charge is 0.386 e. The van der Waals surface area contributed by atoms with Gasteiger partial charge in [-0.25, -0.2) is 4.98 Å². The van der Waals surface area contributed by atoms with Crippen LogP contribution in [0.1, 0.15) is 19.0 Å². The fraction of sp³-hybridized carbons (Fsp3) is 0.667. The lowest BCUT2D eigenvalue weighted by Crippen LogP contribution is -2.37. The molecule has 0 saturated carbocycles. The van der Waals surface area contributed by atoms with Gasteiger partial charge in [0.2, 0.25) is 11.8 Å². The van der Waals surface area contributed by atoms with E-state index in [0.717, 1.165) is 0 Å². The first-order valence-corrected chi connectivity index (χ1v) is 6.76. The molecule has 2 rings (SSSR count). The highest BCUT2D eigenvalue weighted by Crippen LogP contribution is 2.28. The second-order valence-corrected chi connectivity index (χ2v) is 5.00. The van der Waals surface area contributed by atoms with Gasteiger partial charge >= 0.3 is 5.69 Å². The summed E-state index contributed by atoms with van der Waals surface area (Å²) < 4.78 is 5.14. The summed E-state index contributed by atoms with van der Waals surface area (Å²) in [6, 6.07) is 0. The molecule has 2 heterocycles. The van der Waals surface area contributed by atoms with Crippen LogP contribution in [0.25, 0.3) is 0 Å². The standard InChI is InChI=1S/C12H19N5O4/c1-3-13-11-15-8(2)9(17(19)20)10(16-11)14-6-12(18)4-5-21-7-12/h18H,3-7H2,1-2H3,(H2,13,14,15,16). The van der Waals surface area contributed by atoms with E-state index < -0.39 is 10.5 Å². The van der Waals surface area contributed by atoms with E-state index in [2.05, 4.69) is 20.6 Å². The molecular weight excluding hydrogens is 278 g/mol. The monoisotopic (exact) mass is 297 g/mol. The Morgan fingerprint density at radius 3 is 2.81 bits per heavy atom. The van der Waals surface area contributed by atoms with Crippen molar-refractivity contribution in [3.8, 4) is 0 Å². The fourth-order valence-electron chi connectivity index (χ4n) is 2.13. The molecule has 1 atom stereocenters. The molecule has 9 nitrogen and oxygen atoms in total. The minimum Gasteiger partial charge on any atom is -0.386 e. The minimum atomic E-state index is -1.02. The van der Waals surface area contributed by atoms with Crippen LogP contribution in [0.4, 0.5) is 17.5 Å². The normalized spacial score (nSPS) is 21.3. The van der Waals surface area contributed by atoms with Crippen LogP contribution in [0.5, 0.6) is 0 Å². The highest BCUT2D eigenvalue weighted by molar-refractivity contribution is 5.61. The molecule has 9 heteroatoms. The van der Waals surface area contributed by atoms with Gasteiger partial charge in [-0.05, 0) is 13.8 Å². The summed E-state index contributed by atoms with van der Waals surface area (Å²) in [6.07, 6.45) is 0.484. The molecule has 0 aliphatic carbocycles. The smallest absolute Gasteiger partial charge is 0.332 e. The van der Waals surface area contributed by atoms with Gasteiger partial charge in [0.25, 0.3) is 0 Å². The van der Waals surface area contributed by atoms with Crippen LogP contribution in [0, 0.1) is 17.0 Å². The van der Waals surface area contributed by atoms with Gasteiger partial charge in [-0.1, -0.05) is 0 Å². The molecule has 3 N–H and O–H groups in total. The number of hydrogen-bond acceptors (Lipinski definition) is 8. The summed E-state index contributed by atoms with van der Waals surface area (Å²) >= 11 is 0. The molecule has 116 valence electrons. The number of nitrogens with one attached hydrogen (secondary N) is 2. The summed E-state index contributed by atoms with van der Waals surface area (Å²) in [7, 11) is 0. The van der Waals surface area contributed by atoms with Crippen molar-refractivity contribution in [1.29, 1.82) is 0 Å². The van der Waals surface area contributed by atoms with Gasteiger partial charge < -0.3 is 20.5 Å². The van der Waals surface area contributed by atoms with Gasteiger partial charge in [0.05, 0.1) is 11.5 Å². The van der Waals surface area contributed by atoms with Crippen LogP contribution in [0.2, 0.25) is 0 Å². The number of aliphatic hydroxyl groups is 1. The van der Waals surface area contributed by atoms with Crippen molar-refractivity contribution < 1.29 is 14.8 Å². The highest BCUT2D eigenvalue weighted by Gasteiger charge is 2.33. The topological polar surface area (TPSA) is 122 Å². The highest BCUT2D eigenvalue weighted by atomic mass is 16.6. The maximum absolute atomic E-state index is 11.2. The Morgan fingerprint density at radius 1 is 1.48 bits per heavy atom. The molecule has 0 radical (unpaired) electrons. The number of ether oxygens (including phenoxy) is 1. The predicted molar refractivity (Wildman–Crippen MR) is 76.5 cm³/mol. The van der Waals surface area contributed by atoms with Crippen molar-refractivity contribution in [2.75, 3.05) is 36.9 Å². The van der Waals surface area contributed by atoms with Crippen LogP contribution in [-0.2, 0) is 4.74 Å². The number of aromatic nitrogens is 2. The lowest BCUT2D eigenvalue weighted by molar-refractivity contribution is -0.385. The quantitative estimate of drug-likeness (QED) is 0.517. The first-order valence-electron chi connectivity index (χ1n) is 6.76. The summed E-state index contributed by atoms with van der Waals surface area (Å²) in [4.78, 5) is 18.8. The number of nitrogens with zero attached hydrogens (tertiary/aromatic N) is 3. The molecule has 0 bridgehead atoms. The second-order valence-electron chi connectivity index (χ2n) is 5.00. The summed E-state index contributed by atoms with van der Waals surface area (Å²) in [5.74, 6) is 0.418. The van der Waals surface area contributed by atoms with E-state index in [4.69, 9.17) is 4.74 Å². The van der Waals surface area contributed by atoms with E-state index in [1.54, 1.807) is 6.92 Å². The number of hydrogen-bond donors (Lipinski definition) is 3. The summed E-state index contributed by atoms with van der Waals surface area (Å²) in [5, 5.41) is 27.1. The third-order valence-electron chi connectivity index (χ3n) is 3.24. The van der Waals surface area contributed by atoms with Gasteiger partial charge in [0.1, 0.15) is 11.3 Å². The number of rotatable bonds is 6. The van der Waals surface area contributed by atoms with E-state index >= 15 is 0 Å². The van der Waals surface area contributed by atoms with Gasteiger partial charge in [-0.2, -0.15) is 4.98 Å². The number of anilines is 2. The van der Waals surface area contributed by atoms with E-state index in [-0.39, 0.29) is 30.4 Å². The third-order valence-corrected chi connectivity index (χ3v) is 3.24. The fourth-order valence-corrected chi connectivity index (χ4v) is 2.13. The van der Waals surface area contributed by atoms with Crippen molar-refractivity contribution in [3.05, 3.63) is 15.8 Å². The average Bonchev–Trinajstić information content (AvgIpc) is 2.83. The van der Waals surface area contributed by atoms with Crippen molar-refractivity contribution >= 4 is 17.5 Å². The Labute approximate surface area is 121 Å². The maximum atomic E-state index is 11.2. The zero-order valence-corrected chi connectivity index (χ0v) is 12.0. The average molecular weight is 297 g/mol. The van der Waals surface area contributed by atoms with E-state index in [0.29, 0.717) is 25.5 Å². The van der Waals surface area contributed by atoms with Crippen molar-refractivity contribution in [2.24, 2.45) is 0 Å². The molecule has 21 heavy (non-hydrogen) atoms. The maximum Gasteiger partial charge on any atom is 0.332 e. The SMILES string of the molecule is CCNc1nc(C)c([N+](=O)[O-])c(NCC2(O)CCOC2)n1. The van der Waals surface area contributed by atoms with Crippen molar-refractivity contribution in [3.63, 3.8) is 0 Å². The van der Waals surface area contributed by atoms with Crippen LogP contribution in [0.3, 0.4) is 0 Å². The lowest BCUT2D eigenvalue weighted by atomic mass is 10.0. The van der Waals surface area contributed by atoms with E-state index in [1.165, 1.54) is 0 Å². The van der Waals surface area contributed by atoms with Crippen molar-refractivity contribution in [2.45, 2.75) is 25.9 Å². The molecule has 0 aromatic carbocycles. The summed E-state index contributed by atoms with van der Waals surface area (Å²) in [6.45, 7) is 4.86. The van der Waals surface area contributed by atoms with E-state index in [9.17, 15) is 15.2 Å². The van der Waals surface area contributed by atoms with Gasteiger partial charge in [-0.3, -0.25) is 10.1 Å². The first kappa shape index (κ1) is 15.4. The predicted octanol–water partition coefficient (Wildman–Crippen LogP) is 0.688. The number of aryl methyl sites for hydroxylation is 1. The van der Waals surface area contributed by atoms with Gasteiger partial charge in [0.15, 0.2) is 0 Å². The number of nitro groups is 1. The molecule has 0 amide bonds. The molecule has 1 aliphatic heterocycles. The minimum absolute atomic E-state index is 0.101. The first-order chi connectivity index (χ1) is 9.95. The Balaban J connectivity index is 2.24. The van der Waals surface area contributed by atoms with Crippen LogP contribution in [0.15, 0.2) is 0 Å². The molecule has 1 aromatic heterocycles. The molecule has 1 saturated heterocycles. The molecule has 1 unspecified atom stereocenters. The zero-order valence-electron chi connectivity index (χ0n) is 12.0. The molecule has 1 fully saturated rings. The van der Waals surface area contributed by atoms with Crippen LogP contribution in [-0.4, -0.2) is 51.9 Å². The molecular formula is C12H19N5O4. The van der Waals surface area contributed by atoms with Gasteiger partial charge in [-0.15, -0.1) is 0 Å². The van der Waals surface area contributed by atoms with Gasteiger partial charge in [0, 0.05) is 26.1 Å². The van der Waals surface area contributed by atoms with E-state index in [1.807, 2.05) is 6.92 Å². The van der Waals surface area contributed by atoms with Crippen LogP contribution < -0.4 is 10.6 Å². The summed E-state index contributed by atoms with van der Waals surface area (Å²) in [5.41, 5.74) is -0.937. The van der Waals surface area contributed by atoms with Crippen molar-refractivity contribution in [1.82, 2.24) is 9.97 Å². The Kier molecular flexibility index (Phi) is 4.53. The Bertz CT molecular complexity index is 531. The van der Waals surface area contributed by atoms with Crippen LogP contribution >= 0.6 is 0 Å². The molecule has 0 spiro atoms. The molecule has 1 aliphatic rings. The molecule has 1 aromatic rings. The lowest BCUT2D eigenvalue weighted by Gasteiger charge is -2.21. The second kappa shape index (κ2) is 6.19. The third kappa shape index (κ3) is 3.56. The Hall–Kier alpha value is -2.00. The Morgan fingerprint density at radius 2 is 2.24 bits per heavy atom.